The lowest BCUT2D eigenvalue weighted by atomic mass is 10.3. The van der Waals surface area contributed by atoms with Gasteiger partial charge in [0.1, 0.15) is 5.15 Å². The molecule has 0 saturated carbocycles. The van der Waals surface area contributed by atoms with Gasteiger partial charge in [-0.3, -0.25) is 0 Å². The summed E-state index contributed by atoms with van der Waals surface area (Å²) in [6.45, 7) is 0. The van der Waals surface area contributed by atoms with Crippen molar-refractivity contribution < 1.29 is 19.2 Å². The summed E-state index contributed by atoms with van der Waals surface area (Å²) in [5.74, 6) is 0. The molecule has 0 aliphatic rings. The standard InChI is InChI=1S/C8H6ClN.BrH.H3O4P/c9-8-5-6-3-1-2-4-7(6)10-8;;1-5(2,3)4/h1-5,10H;1H;(H3,1,2,3,4). The average molecular weight is 331 g/mol. The maximum absolute atomic E-state index is 8.88. The number of nitrogens with one attached hydrogen (secondary N) is 1. The van der Waals surface area contributed by atoms with E-state index in [9.17, 15) is 0 Å². The molecule has 5 nitrogen and oxygen atoms in total. The van der Waals surface area contributed by atoms with Crippen LogP contribution < -0.4 is 0 Å². The molecule has 0 amide bonds. The first kappa shape index (κ1) is 15.6. The fraction of sp³-hybridized carbons (Fsp3) is 0. The van der Waals surface area contributed by atoms with Gasteiger partial charge in [-0.1, -0.05) is 29.8 Å². The Morgan fingerprint density at radius 1 is 1.19 bits per heavy atom. The van der Waals surface area contributed by atoms with Crippen LogP contribution in [0.25, 0.3) is 10.9 Å². The summed E-state index contributed by atoms with van der Waals surface area (Å²) >= 11 is 5.73. The lowest BCUT2D eigenvalue weighted by Crippen LogP contribution is -1.66. The Bertz CT molecular complexity index is 456. The molecule has 4 N–H and O–H groups in total. The van der Waals surface area contributed by atoms with Crippen molar-refractivity contribution in [1.82, 2.24) is 4.98 Å². The van der Waals surface area contributed by atoms with Crippen molar-refractivity contribution in [2.45, 2.75) is 0 Å². The molecule has 0 radical (unpaired) electrons. The van der Waals surface area contributed by atoms with Gasteiger partial charge < -0.3 is 19.7 Å². The van der Waals surface area contributed by atoms with Gasteiger partial charge in [0.25, 0.3) is 0 Å². The van der Waals surface area contributed by atoms with Gasteiger partial charge in [-0.2, -0.15) is 0 Å². The zero-order chi connectivity index (χ0) is 11.5. The van der Waals surface area contributed by atoms with Gasteiger partial charge in [-0.05, 0) is 12.1 Å². The largest absolute Gasteiger partial charge is 0.466 e. The molecule has 16 heavy (non-hydrogen) atoms. The smallest absolute Gasteiger partial charge is 0.346 e. The van der Waals surface area contributed by atoms with E-state index < -0.39 is 7.82 Å². The highest BCUT2D eigenvalue weighted by Crippen LogP contribution is 2.25. The number of H-pyrrole nitrogens is 1. The van der Waals surface area contributed by atoms with Gasteiger partial charge in [-0.25, -0.2) is 4.57 Å². The molecule has 8 heteroatoms. The summed E-state index contributed by atoms with van der Waals surface area (Å²) < 4.78 is 8.88. The van der Waals surface area contributed by atoms with Gasteiger partial charge in [-0.15, -0.1) is 17.0 Å². The zero-order valence-electron chi connectivity index (χ0n) is 7.87. The highest BCUT2D eigenvalue weighted by atomic mass is 79.9. The van der Waals surface area contributed by atoms with Crippen LogP contribution in [0.15, 0.2) is 30.3 Å². The van der Waals surface area contributed by atoms with Crippen molar-refractivity contribution in [2.24, 2.45) is 0 Å². The number of rotatable bonds is 0. The first-order chi connectivity index (χ1) is 6.86. The first-order valence-corrected chi connectivity index (χ1v) is 5.82. The fourth-order valence-corrected chi connectivity index (χ4v) is 1.26. The number of halogens is 2. The molecule has 1 heterocycles. The van der Waals surface area contributed by atoms with Gasteiger partial charge in [0.15, 0.2) is 0 Å². The maximum atomic E-state index is 8.88. The van der Waals surface area contributed by atoms with Gasteiger partial charge in [0.05, 0.1) is 0 Å². The Balaban J connectivity index is 0.000000330. The molecule has 1 aromatic carbocycles. The van der Waals surface area contributed by atoms with Crippen molar-refractivity contribution in [3.05, 3.63) is 35.5 Å². The third-order valence-corrected chi connectivity index (χ3v) is 1.70. The van der Waals surface area contributed by atoms with Crippen LogP contribution >= 0.6 is 36.4 Å². The van der Waals surface area contributed by atoms with Crippen LogP contribution in [0.4, 0.5) is 0 Å². The van der Waals surface area contributed by atoms with E-state index >= 15 is 0 Å². The van der Waals surface area contributed by atoms with Crippen LogP contribution in [0.2, 0.25) is 5.15 Å². The van der Waals surface area contributed by atoms with E-state index in [4.69, 9.17) is 30.8 Å². The Morgan fingerprint density at radius 2 is 1.69 bits per heavy atom. The molecule has 0 bridgehead atoms. The fourth-order valence-electron chi connectivity index (χ4n) is 1.04. The second kappa shape index (κ2) is 6.39. The van der Waals surface area contributed by atoms with Gasteiger partial charge >= 0.3 is 7.82 Å². The monoisotopic (exact) mass is 329 g/mol. The number of aromatic amines is 1. The van der Waals surface area contributed by atoms with Crippen molar-refractivity contribution in [2.75, 3.05) is 0 Å². The second-order valence-electron chi connectivity index (χ2n) is 2.72. The average Bonchev–Trinajstić information content (AvgIpc) is 2.40. The number of fused-ring (bicyclic) bond motifs is 1. The van der Waals surface area contributed by atoms with Crippen LogP contribution in [0, 0.1) is 0 Å². The summed E-state index contributed by atoms with van der Waals surface area (Å²) in [5, 5.41) is 1.86. The molecule has 0 unspecified atom stereocenters. The topological polar surface area (TPSA) is 93.6 Å². The van der Waals surface area contributed by atoms with Crippen LogP contribution in [0.3, 0.4) is 0 Å². The number of hydrogen-bond acceptors (Lipinski definition) is 1. The van der Waals surface area contributed by atoms with Crippen molar-refractivity contribution >= 4 is 47.3 Å². The third-order valence-electron chi connectivity index (χ3n) is 1.50. The van der Waals surface area contributed by atoms with Crippen molar-refractivity contribution in [1.29, 1.82) is 0 Å². The second-order valence-corrected chi connectivity index (χ2v) is 4.15. The van der Waals surface area contributed by atoms with Crippen molar-refractivity contribution in [3.63, 3.8) is 0 Å². The highest BCUT2D eigenvalue weighted by molar-refractivity contribution is 8.93. The molecule has 0 fully saturated rings. The minimum Gasteiger partial charge on any atom is -0.346 e. The van der Waals surface area contributed by atoms with E-state index in [1.807, 2.05) is 30.3 Å². The Hall–Kier alpha value is -0.360. The van der Waals surface area contributed by atoms with Crippen LogP contribution in [-0.2, 0) is 4.57 Å². The molecule has 0 atom stereocenters. The van der Waals surface area contributed by atoms with Gasteiger partial charge in [0.2, 0.25) is 0 Å². The minimum absolute atomic E-state index is 0. The maximum Gasteiger partial charge on any atom is 0.466 e. The summed E-state index contributed by atoms with van der Waals surface area (Å²) in [7, 11) is -4.64. The number of para-hydroxylation sites is 1. The molecule has 2 aromatic rings. The number of aromatic nitrogens is 1. The number of phosphoric acid groups is 1. The predicted molar refractivity (Wildman–Crippen MR) is 67.9 cm³/mol. The number of benzene rings is 1. The van der Waals surface area contributed by atoms with E-state index in [0.717, 1.165) is 10.9 Å². The van der Waals surface area contributed by atoms with Crippen LogP contribution in [-0.4, -0.2) is 19.7 Å². The molecular formula is C8H10BrClNO4P. The zero-order valence-corrected chi connectivity index (χ0v) is 11.2. The van der Waals surface area contributed by atoms with Crippen LogP contribution in [0.5, 0.6) is 0 Å². The summed E-state index contributed by atoms with van der Waals surface area (Å²) in [6, 6.07) is 9.91. The lowest BCUT2D eigenvalue weighted by molar-refractivity contribution is 0.275. The van der Waals surface area contributed by atoms with E-state index in [1.165, 1.54) is 0 Å². The Kier molecular flexibility index (Phi) is 6.25. The molecule has 0 saturated heterocycles. The Morgan fingerprint density at radius 3 is 2.19 bits per heavy atom. The molecule has 0 spiro atoms. The summed E-state index contributed by atoms with van der Waals surface area (Å²) in [5.41, 5.74) is 1.09. The normalized spacial score (nSPS) is 10.2. The van der Waals surface area contributed by atoms with E-state index in [-0.39, 0.29) is 17.0 Å². The van der Waals surface area contributed by atoms with E-state index in [2.05, 4.69) is 4.98 Å². The molecular weight excluding hydrogens is 320 g/mol. The molecule has 0 aliphatic heterocycles. The summed E-state index contributed by atoms with van der Waals surface area (Å²) in [6.07, 6.45) is 0. The molecule has 90 valence electrons. The van der Waals surface area contributed by atoms with E-state index in [1.54, 1.807) is 0 Å². The minimum atomic E-state index is -4.64. The highest BCUT2D eigenvalue weighted by Gasteiger charge is 2.00. The third kappa shape index (κ3) is 6.27. The molecule has 2 rings (SSSR count). The molecule has 1 aromatic heterocycles. The van der Waals surface area contributed by atoms with E-state index in [0.29, 0.717) is 5.15 Å². The van der Waals surface area contributed by atoms with Crippen molar-refractivity contribution in [3.8, 4) is 0 Å². The summed E-state index contributed by atoms with van der Waals surface area (Å²) in [4.78, 5) is 24.6. The lowest BCUT2D eigenvalue weighted by Gasteiger charge is -1.83. The van der Waals surface area contributed by atoms with Crippen LogP contribution in [0.1, 0.15) is 0 Å². The SMILES string of the molecule is Br.Clc1cc2ccccc2[nH]1.O=P(O)(O)O. The number of hydrogen-bond donors (Lipinski definition) is 4. The Labute approximate surface area is 107 Å². The first-order valence-electron chi connectivity index (χ1n) is 3.88. The predicted octanol–water partition coefficient (Wildman–Crippen LogP) is 2.47. The van der Waals surface area contributed by atoms with Gasteiger partial charge in [0, 0.05) is 10.9 Å². The molecule has 0 aliphatic carbocycles. The quantitative estimate of drug-likeness (QED) is 0.558.